The summed E-state index contributed by atoms with van der Waals surface area (Å²) in [7, 11) is 1.73. The lowest BCUT2D eigenvalue weighted by molar-refractivity contribution is 0.167. The number of hydrogen-bond acceptors (Lipinski definition) is 5. The standard InChI is InChI=1S/C12H23N3OS/c1-6-7-13-9(8-16-5)10-11(12(2,3)4)14-15-17-10/h9,13H,6-8H2,1-5H3. The van der Waals surface area contributed by atoms with Gasteiger partial charge >= 0.3 is 0 Å². The van der Waals surface area contributed by atoms with Gasteiger partial charge in [0.2, 0.25) is 0 Å². The Kier molecular flexibility index (Phi) is 5.49. The van der Waals surface area contributed by atoms with Crippen LogP contribution in [0.15, 0.2) is 0 Å². The van der Waals surface area contributed by atoms with Gasteiger partial charge in [-0.05, 0) is 24.5 Å². The van der Waals surface area contributed by atoms with E-state index in [9.17, 15) is 0 Å². The number of rotatable bonds is 6. The molecule has 0 spiro atoms. The first kappa shape index (κ1) is 14.5. The SMILES string of the molecule is CCCNC(COC)c1snnc1C(C)(C)C. The highest BCUT2D eigenvalue weighted by atomic mass is 32.1. The number of nitrogens with one attached hydrogen (secondary N) is 1. The molecule has 17 heavy (non-hydrogen) atoms. The Morgan fingerprint density at radius 2 is 2.12 bits per heavy atom. The van der Waals surface area contributed by atoms with E-state index >= 15 is 0 Å². The van der Waals surface area contributed by atoms with Crippen LogP contribution in [0, 0.1) is 0 Å². The van der Waals surface area contributed by atoms with Gasteiger partial charge in [0.25, 0.3) is 0 Å². The second kappa shape index (κ2) is 6.42. The summed E-state index contributed by atoms with van der Waals surface area (Å²) in [6, 6.07) is 0.203. The molecule has 5 heteroatoms. The van der Waals surface area contributed by atoms with Crippen LogP contribution in [0.1, 0.15) is 50.7 Å². The molecule has 1 aromatic heterocycles. The predicted molar refractivity (Wildman–Crippen MR) is 71.5 cm³/mol. The highest BCUT2D eigenvalue weighted by molar-refractivity contribution is 7.05. The Morgan fingerprint density at radius 3 is 2.65 bits per heavy atom. The summed E-state index contributed by atoms with van der Waals surface area (Å²) in [5, 5.41) is 7.76. The summed E-state index contributed by atoms with van der Waals surface area (Å²) in [6.07, 6.45) is 1.11. The van der Waals surface area contributed by atoms with Gasteiger partial charge in [-0.15, -0.1) is 5.10 Å². The van der Waals surface area contributed by atoms with Crippen molar-refractivity contribution in [1.82, 2.24) is 14.9 Å². The van der Waals surface area contributed by atoms with Crippen molar-refractivity contribution >= 4 is 11.5 Å². The second-order valence-electron chi connectivity index (χ2n) is 5.20. The summed E-state index contributed by atoms with van der Waals surface area (Å²) in [5.74, 6) is 0. The first-order valence-electron chi connectivity index (χ1n) is 6.05. The monoisotopic (exact) mass is 257 g/mol. The summed E-state index contributed by atoms with van der Waals surface area (Å²) in [6.45, 7) is 10.3. The fourth-order valence-corrected chi connectivity index (χ4v) is 2.58. The molecule has 0 fully saturated rings. The molecule has 0 aliphatic rings. The third-order valence-corrected chi connectivity index (χ3v) is 3.35. The molecule has 0 aliphatic heterocycles. The molecule has 1 heterocycles. The van der Waals surface area contributed by atoms with Gasteiger partial charge in [0.05, 0.1) is 23.2 Å². The van der Waals surface area contributed by atoms with Gasteiger partial charge in [-0.3, -0.25) is 0 Å². The van der Waals surface area contributed by atoms with Crippen LogP contribution in [-0.2, 0) is 10.2 Å². The largest absolute Gasteiger partial charge is 0.383 e. The third-order valence-electron chi connectivity index (χ3n) is 2.51. The van der Waals surface area contributed by atoms with E-state index < -0.39 is 0 Å². The van der Waals surface area contributed by atoms with E-state index in [0.717, 1.165) is 18.7 Å². The van der Waals surface area contributed by atoms with Crippen LogP contribution >= 0.6 is 11.5 Å². The van der Waals surface area contributed by atoms with E-state index in [0.29, 0.717) is 6.61 Å². The molecule has 1 atom stereocenters. The van der Waals surface area contributed by atoms with E-state index in [1.165, 1.54) is 16.4 Å². The maximum absolute atomic E-state index is 5.28. The quantitative estimate of drug-likeness (QED) is 0.850. The van der Waals surface area contributed by atoms with Crippen molar-refractivity contribution in [2.24, 2.45) is 0 Å². The zero-order valence-electron chi connectivity index (χ0n) is 11.4. The zero-order valence-corrected chi connectivity index (χ0v) is 12.2. The van der Waals surface area contributed by atoms with E-state index in [1.54, 1.807) is 7.11 Å². The fraction of sp³-hybridized carbons (Fsp3) is 0.833. The Labute approximate surface area is 108 Å². The average Bonchev–Trinajstić information content (AvgIpc) is 2.72. The van der Waals surface area contributed by atoms with Gasteiger partial charge in [0.15, 0.2) is 0 Å². The van der Waals surface area contributed by atoms with Gasteiger partial charge in [0.1, 0.15) is 0 Å². The second-order valence-corrected chi connectivity index (χ2v) is 5.98. The number of ether oxygens (including phenoxy) is 1. The topological polar surface area (TPSA) is 47.0 Å². The predicted octanol–water partition coefficient (Wildman–Crippen LogP) is 2.52. The molecule has 1 unspecified atom stereocenters. The number of aromatic nitrogens is 2. The van der Waals surface area contributed by atoms with E-state index in [2.05, 4.69) is 42.6 Å². The van der Waals surface area contributed by atoms with Gasteiger partial charge in [-0.25, -0.2) is 0 Å². The van der Waals surface area contributed by atoms with Crippen LogP contribution in [0.2, 0.25) is 0 Å². The van der Waals surface area contributed by atoms with E-state index in [4.69, 9.17) is 4.74 Å². The van der Waals surface area contributed by atoms with Crippen molar-refractivity contribution in [3.63, 3.8) is 0 Å². The summed E-state index contributed by atoms with van der Waals surface area (Å²) >= 11 is 1.47. The molecule has 0 amide bonds. The molecule has 1 N–H and O–H groups in total. The number of nitrogens with zero attached hydrogens (tertiary/aromatic N) is 2. The van der Waals surface area contributed by atoms with E-state index in [1.807, 2.05) is 0 Å². The number of hydrogen-bond donors (Lipinski definition) is 1. The molecule has 0 saturated heterocycles. The minimum atomic E-state index is 0.0300. The molecular formula is C12H23N3OS. The molecule has 0 aromatic carbocycles. The van der Waals surface area contributed by atoms with Gasteiger partial charge < -0.3 is 10.1 Å². The van der Waals surface area contributed by atoms with Crippen LogP contribution in [0.5, 0.6) is 0 Å². The summed E-state index contributed by atoms with van der Waals surface area (Å²) < 4.78 is 9.38. The van der Waals surface area contributed by atoms with Crippen LogP contribution in [0.4, 0.5) is 0 Å². The van der Waals surface area contributed by atoms with Crippen molar-refractivity contribution in [2.45, 2.75) is 45.6 Å². The molecule has 4 nitrogen and oxygen atoms in total. The maximum atomic E-state index is 5.28. The molecule has 0 aliphatic carbocycles. The van der Waals surface area contributed by atoms with Crippen molar-refractivity contribution in [3.05, 3.63) is 10.6 Å². The lowest BCUT2D eigenvalue weighted by Crippen LogP contribution is -2.28. The van der Waals surface area contributed by atoms with Crippen LogP contribution in [0.25, 0.3) is 0 Å². The van der Waals surface area contributed by atoms with Crippen LogP contribution in [0.3, 0.4) is 0 Å². The highest BCUT2D eigenvalue weighted by Gasteiger charge is 2.26. The lowest BCUT2D eigenvalue weighted by atomic mass is 9.90. The van der Waals surface area contributed by atoms with Crippen LogP contribution in [-0.4, -0.2) is 29.8 Å². The molecule has 0 bridgehead atoms. The molecule has 0 saturated carbocycles. The third kappa shape index (κ3) is 4.01. The minimum Gasteiger partial charge on any atom is -0.383 e. The molecule has 0 radical (unpaired) electrons. The van der Waals surface area contributed by atoms with Gasteiger partial charge in [-0.2, -0.15) is 0 Å². The Balaban J connectivity index is 2.89. The first-order valence-corrected chi connectivity index (χ1v) is 6.83. The molecule has 1 aromatic rings. The smallest absolute Gasteiger partial charge is 0.0857 e. The lowest BCUT2D eigenvalue weighted by Gasteiger charge is -2.22. The van der Waals surface area contributed by atoms with Crippen molar-refractivity contribution in [2.75, 3.05) is 20.3 Å². The van der Waals surface area contributed by atoms with Crippen molar-refractivity contribution in [1.29, 1.82) is 0 Å². The maximum Gasteiger partial charge on any atom is 0.0857 e. The first-order chi connectivity index (χ1) is 8.00. The van der Waals surface area contributed by atoms with E-state index in [-0.39, 0.29) is 11.5 Å². The highest BCUT2D eigenvalue weighted by Crippen LogP contribution is 2.30. The van der Waals surface area contributed by atoms with Gasteiger partial charge in [0, 0.05) is 12.5 Å². The fourth-order valence-electron chi connectivity index (χ4n) is 1.66. The van der Waals surface area contributed by atoms with Crippen molar-refractivity contribution < 1.29 is 4.74 Å². The Bertz CT molecular complexity index is 333. The van der Waals surface area contributed by atoms with Gasteiger partial charge in [-0.1, -0.05) is 32.2 Å². The Hall–Kier alpha value is -0.520. The summed E-state index contributed by atoms with van der Waals surface area (Å²) in [5.41, 5.74) is 1.11. The molecular weight excluding hydrogens is 234 g/mol. The molecule has 1 rings (SSSR count). The zero-order chi connectivity index (χ0) is 12.9. The minimum absolute atomic E-state index is 0.0300. The normalized spacial score (nSPS) is 13.9. The molecule has 98 valence electrons. The van der Waals surface area contributed by atoms with Crippen LogP contribution < -0.4 is 5.32 Å². The number of methoxy groups -OCH3 is 1. The summed E-state index contributed by atoms with van der Waals surface area (Å²) in [4.78, 5) is 1.20. The van der Waals surface area contributed by atoms with Crippen molar-refractivity contribution in [3.8, 4) is 0 Å². The Morgan fingerprint density at radius 1 is 1.41 bits per heavy atom. The average molecular weight is 257 g/mol.